The molecule has 3 aromatic carbocycles. The highest BCUT2D eigenvalue weighted by atomic mass is 19.1. The number of nitrogens with zero attached hydrogens (tertiary/aromatic N) is 1. The zero-order chi connectivity index (χ0) is 22.9. The van der Waals surface area contributed by atoms with E-state index in [-0.39, 0.29) is 30.6 Å². The minimum Gasteiger partial charge on any atom is -0.497 e. The van der Waals surface area contributed by atoms with Crippen LogP contribution in [-0.2, 0) is 29.0 Å². The molecule has 6 heteroatoms. The standard InChI is InChI=1S/C26H27FN2O3/c1-28-26(31)24(16-19-6-4-3-5-7-19)29(18-21-8-12-22(27)13-9-21)25(30)17-20-10-14-23(32-2)15-11-20/h3-15,24H,16-18H2,1-2H3,(H,28,31). The molecule has 0 heterocycles. The van der Waals surface area contributed by atoms with E-state index >= 15 is 0 Å². The van der Waals surface area contributed by atoms with Crippen LogP contribution in [0.2, 0.25) is 0 Å². The normalized spacial score (nSPS) is 11.5. The fourth-order valence-corrected chi connectivity index (χ4v) is 3.53. The van der Waals surface area contributed by atoms with Gasteiger partial charge in [0.1, 0.15) is 17.6 Å². The highest BCUT2D eigenvalue weighted by molar-refractivity contribution is 5.88. The van der Waals surface area contributed by atoms with Gasteiger partial charge in [0, 0.05) is 20.0 Å². The van der Waals surface area contributed by atoms with E-state index in [2.05, 4.69) is 5.32 Å². The van der Waals surface area contributed by atoms with Crippen LogP contribution in [0.1, 0.15) is 16.7 Å². The summed E-state index contributed by atoms with van der Waals surface area (Å²) in [6.45, 7) is 0.195. The average molecular weight is 435 g/mol. The number of hydrogen-bond acceptors (Lipinski definition) is 3. The second kappa shape index (κ2) is 11.1. The molecule has 0 fully saturated rings. The number of carbonyl (C=O) groups is 2. The third-order valence-corrected chi connectivity index (χ3v) is 5.30. The molecule has 0 bridgehead atoms. The monoisotopic (exact) mass is 434 g/mol. The molecule has 166 valence electrons. The Hall–Kier alpha value is -3.67. The molecule has 3 rings (SSSR count). The van der Waals surface area contributed by atoms with Crippen LogP contribution in [0.25, 0.3) is 0 Å². The van der Waals surface area contributed by atoms with Crippen LogP contribution < -0.4 is 10.1 Å². The van der Waals surface area contributed by atoms with Crippen molar-refractivity contribution in [2.45, 2.75) is 25.4 Å². The first-order chi connectivity index (χ1) is 15.5. The second-order valence-electron chi connectivity index (χ2n) is 7.49. The van der Waals surface area contributed by atoms with E-state index in [0.717, 1.165) is 16.7 Å². The molecule has 0 aliphatic heterocycles. The Balaban J connectivity index is 1.91. The van der Waals surface area contributed by atoms with Gasteiger partial charge in [-0.3, -0.25) is 9.59 Å². The van der Waals surface area contributed by atoms with Crippen molar-refractivity contribution in [3.05, 3.63) is 101 Å². The van der Waals surface area contributed by atoms with Crippen molar-refractivity contribution in [1.29, 1.82) is 0 Å². The van der Waals surface area contributed by atoms with E-state index in [1.54, 1.807) is 43.3 Å². The van der Waals surface area contributed by atoms with Crippen LogP contribution in [0.3, 0.4) is 0 Å². The summed E-state index contributed by atoms with van der Waals surface area (Å²) in [5.41, 5.74) is 2.51. The van der Waals surface area contributed by atoms with Gasteiger partial charge in [0.05, 0.1) is 13.5 Å². The molecule has 0 aromatic heterocycles. The summed E-state index contributed by atoms with van der Waals surface area (Å²) in [6.07, 6.45) is 0.504. The highest BCUT2D eigenvalue weighted by Gasteiger charge is 2.29. The number of carbonyl (C=O) groups excluding carboxylic acids is 2. The zero-order valence-electron chi connectivity index (χ0n) is 18.3. The van der Waals surface area contributed by atoms with Gasteiger partial charge in [-0.25, -0.2) is 4.39 Å². The summed E-state index contributed by atoms with van der Waals surface area (Å²) >= 11 is 0. The molecule has 0 saturated carbocycles. The molecule has 1 atom stereocenters. The molecular formula is C26H27FN2O3. The lowest BCUT2D eigenvalue weighted by Gasteiger charge is -2.31. The van der Waals surface area contributed by atoms with Crippen molar-refractivity contribution in [3.8, 4) is 5.75 Å². The molecule has 0 saturated heterocycles. The molecule has 3 aromatic rings. The van der Waals surface area contributed by atoms with Crippen molar-refractivity contribution in [2.75, 3.05) is 14.2 Å². The summed E-state index contributed by atoms with van der Waals surface area (Å²) in [5.74, 6) is -0.0863. The molecular weight excluding hydrogens is 407 g/mol. The Bertz CT molecular complexity index is 1020. The van der Waals surface area contributed by atoms with Gasteiger partial charge in [0.25, 0.3) is 0 Å². The van der Waals surface area contributed by atoms with Crippen molar-refractivity contribution < 1.29 is 18.7 Å². The Morgan fingerprint density at radius 2 is 1.53 bits per heavy atom. The van der Waals surface area contributed by atoms with Gasteiger partial charge in [0.15, 0.2) is 0 Å². The molecule has 0 radical (unpaired) electrons. The van der Waals surface area contributed by atoms with Gasteiger partial charge in [-0.1, -0.05) is 54.6 Å². The molecule has 0 spiro atoms. The second-order valence-corrected chi connectivity index (χ2v) is 7.49. The van der Waals surface area contributed by atoms with Gasteiger partial charge >= 0.3 is 0 Å². The van der Waals surface area contributed by atoms with Crippen molar-refractivity contribution >= 4 is 11.8 Å². The van der Waals surface area contributed by atoms with Crippen molar-refractivity contribution in [1.82, 2.24) is 10.2 Å². The molecule has 2 amide bonds. The molecule has 1 unspecified atom stereocenters. The van der Waals surface area contributed by atoms with Gasteiger partial charge in [-0.15, -0.1) is 0 Å². The van der Waals surface area contributed by atoms with Crippen LogP contribution in [0.15, 0.2) is 78.9 Å². The minimum atomic E-state index is -0.710. The van der Waals surface area contributed by atoms with Gasteiger partial charge in [-0.05, 0) is 41.0 Å². The number of ether oxygens (including phenoxy) is 1. The first-order valence-corrected chi connectivity index (χ1v) is 10.4. The maximum absolute atomic E-state index is 13.4. The largest absolute Gasteiger partial charge is 0.497 e. The lowest BCUT2D eigenvalue weighted by molar-refractivity contribution is -0.140. The molecule has 32 heavy (non-hydrogen) atoms. The Labute approximate surface area is 187 Å². The van der Waals surface area contributed by atoms with E-state index in [1.807, 2.05) is 42.5 Å². The first kappa shape index (κ1) is 23.0. The third kappa shape index (κ3) is 6.17. The maximum Gasteiger partial charge on any atom is 0.242 e. The third-order valence-electron chi connectivity index (χ3n) is 5.30. The average Bonchev–Trinajstić information content (AvgIpc) is 2.83. The van der Waals surface area contributed by atoms with Crippen LogP contribution in [0.5, 0.6) is 5.75 Å². The molecule has 0 aliphatic carbocycles. The SMILES string of the molecule is CNC(=O)C(Cc1ccccc1)N(Cc1ccc(F)cc1)C(=O)Cc1ccc(OC)cc1. The molecule has 1 N–H and O–H groups in total. The van der Waals surface area contributed by atoms with E-state index in [0.29, 0.717) is 12.2 Å². The lowest BCUT2D eigenvalue weighted by atomic mass is 10.0. The summed E-state index contributed by atoms with van der Waals surface area (Å²) in [4.78, 5) is 27.9. The summed E-state index contributed by atoms with van der Waals surface area (Å²) in [6, 6.07) is 22.1. The Kier molecular flexibility index (Phi) is 7.97. The summed E-state index contributed by atoms with van der Waals surface area (Å²) in [7, 11) is 3.15. The van der Waals surface area contributed by atoms with Crippen molar-refractivity contribution in [3.63, 3.8) is 0 Å². The lowest BCUT2D eigenvalue weighted by Crippen LogP contribution is -2.50. The van der Waals surface area contributed by atoms with Crippen LogP contribution in [0.4, 0.5) is 4.39 Å². The zero-order valence-corrected chi connectivity index (χ0v) is 18.3. The number of rotatable bonds is 9. The summed E-state index contributed by atoms with van der Waals surface area (Å²) in [5, 5.41) is 2.69. The topological polar surface area (TPSA) is 58.6 Å². The molecule has 0 aliphatic rings. The smallest absolute Gasteiger partial charge is 0.242 e. The fourth-order valence-electron chi connectivity index (χ4n) is 3.53. The Morgan fingerprint density at radius 1 is 0.906 bits per heavy atom. The highest BCUT2D eigenvalue weighted by Crippen LogP contribution is 2.18. The predicted octanol–water partition coefficient (Wildman–Crippen LogP) is 3.76. The van der Waals surface area contributed by atoms with Crippen LogP contribution in [0, 0.1) is 5.82 Å². The van der Waals surface area contributed by atoms with Crippen LogP contribution in [-0.4, -0.2) is 36.9 Å². The number of hydrogen-bond donors (Lipinski definition) is 1. The number of halogens is 1. The predicted molar refractivity (Wildman–Crippen MR) is 122 cm³/mol. The van der Waals surface area contributed by atoms with E-state index in [1.165, 1.54) is 12.1 Å². The number of methoxy groups -OCH3 is 1. The number of nitrogens with one attached hydrogen (secondary N) is 1. The van der Waals surface area contributed by atoms with Gasteiger partial charge in [0.2, 0.25) is 11.8 Å². The minimum absolute atomic E-state index is 0.132. The number of benzene rings is 3. The van der Waals surface area contributed by atoms with E-state index in [4.69, 9.17) is 4.74 Å². The fraction of sp³-hybridized carbons (Fsp3) is 0.231. The van der Waals surface area contributed by atoms with Gasteiger partial charge < -0.3 is 15.0 Å². The van der Waals surface area contributed by atoms with Gasteiger partial charge in [-0.2, -0.15) is 0 Å². The number of likely N-dealkylation sites (N-methyl/N-ethyl adjacent to an activating group) is 1. The van der Waals surface area contributed by atoms with E-state index < -0.39 is 6.04 Å². The quantitative estimate of drug-likeness (QED) is 0.558. The first-order valence-electron chi connectivity index (χ1n) is 10.4. The van der Waals surface area contributed by atoms with Crippen LogP contribution >= 0.6 is 0 Å². The maximum atomic E-state index is 13.4. The number of amides is 2. The van der Waals surface area contributed by atoms with E-state index in [9.17, 15) is 14.0 Å². The van der Waals surface area contributed by atoms with Crippen molar-refractivity contribution in [2.24, 2.45) is 0 Å². The summed E-state index contributed by atoms with van der Waals surface area (Å²) < 4.78 is 18.6. The molecule has 5 nitrogen and oxygen atoms in total. The Morgan fingerprint density at radius 3 is 2.12 bits per heavy atom.